The lowest BCUT2D eigenvalue weighted by molar-refractivity contribution is 0.349. The third-order valence-electron chi connectivity index (χ3n) is 13.9. The van der Waals surface area contributed by atoms with Crippen molar-refractivity contribution in [1.29, 1.82) is 0 Å². The molecule has 1 spiro atoms. The largest absolute Gasteiger partial charge is 0.0795 e. The van der Waals surface area contributed by atoms with Crippen molar-refractivity contribution >= 4 is 5.57 Å². The number of benzene rings is 5. The van der Waals surface area contributed by atoms with Gasteiger partial charge in [-0.05, 0) is 135 Å². The summed E-state index contributed by atoms with van der Waals surface area (Å²) in [7, 11) is 0. The van der Waals surface area contributed by atoms with Gasteiger partial charge in [0.25, 0.3) is 0 Å². The molecule has 0 nitrogen and oxygen atoms in total. The van der Waals surface area contributed by atoms with E-state index in [9.17, 15) is 0 Å². The van der Waals surface area contributed by atoms with Gasteiger partial charge < -0.3 is 0 Å². The van der Waals surface area contributed by atoms with E-state index in [2.05, 4.69) is 191 Å². The first-order valence-electron chi connectivity index (χ1n) is 20.4. The van der Waals surface area contributed by atoms with Crippen LogP contribution in [0.5, 0.6) is 0 Å². The van der Waals surface area contributed by atoms with Gasteiger partial charge in [-0.1, -0.05) is 176 Å². The smallest absolute Gasteiger partial charge is 0.0225 e. The van der Waals surface area contributed by atoms with Crippen molar-refractivity contribution in [2.75, 3.05) is 0 Å². The van der Waals surface area contributed by atoms with Gasteiger partial charge in [0, 0.05) is 16.2 Å². The third-order valence-corrected chi connectivity index (χ3v) is 13.9. The van der Waals surface area contributed by atoms with Gasteiger partial charge in [-0.25, -0.2) is 0 Å². The Labute approximate surface area is 326 Å². The van der Waals surface area contributed by atoms with Crippen molar-refractivity contribution in [2.24, 2.45) is 0 Å². The molecule has 0 N–H and O–H groups in total. The van der Waals surface area contributed by atoms with E-state index < -0.39 is 0 Å². The molecule has 5 aliphatic rings. The van der Waals surface area contributed by atoms with Crippen molar-refractivity contribution in [3.8, 4) is 11.1 Å². The highest BCUT2D eigenvalue weighted by Crippen LogP contribution is 2.63. The van der Waals surface area contributed by atoms with Gasteiger partial charge in [0.05, 0.1) is 0 Å². The standard InChI is InChI=1S/C22H26.C16H16.C16H18/c1-15-9-8-12-18-19(15)21(4,5)14-22(18)13-20(2,3)16-10-6-7-11-17(16)22;1-11-7-6-9-13-12-8-4-5-10-14(12)16(2,3)15(11)13;1-11-8-9-13-12-6-4-5-7-14(12)16(2,3)15(13)10-11/h6-12H,13-14H2,1-5H3;4-10H,1-3H3;6-10H,4-5H2,1-3H3. The topological polar surface area (TPSA) is 0 Å². The van der Waals surface area contributed by atoms with Gasteiger partial charge in [0.2, 0.25) is 0 Å². The van der Waals surface area contributed by atoms with Crippen LogP contribution in [0.4, 0.5) is 0 Å². The highest BCUT2D eigenvalue weighted by atomic mass is 14.6. The molecule has 0 radical (unpaired) electrons. The molecule has 0 heterocycles. The molecule has 0 bridgehead atoms. The van der Waals surface area contributed by atoms with Gasteiger partial charge in [0.15, 0.2) is 0 Å². The van der Waals surface area contributed by atoms with E-state index in [0.717, 1.165) is 0 Å². The first-order chi connectivity index (χ1) is 25.5. The lowest BCUT2D eigenvalue weighted by Gasteiger charge is -2.30. The van der Waals surface area contributed by atoms with E-state index >= 15 is 0 Å². The summed E-state index contributed by atoms with van der Waals surface area (Å²) in [6.07, 6.45) is 9.72. The SMILES string of the molecule is Cc1ccc2c(c1)C(C)(C)C1=CCCC=C12.Cc1cccc2c1C(C)(C)CC21CC(C)(C)c2ccccc21.Cc1cccc2c1C(C)(C)c1ccccc1-2. The molecule has 1 atom stereocenters. The van der Waals surface area contributed by atoms with Gasteiger partial charge in [-0.3, -0.25) is 0 Å². The number of rotatable bonds is 0. The van der Waals surface area contributed by atoms with E-state index in [-0.39, 0.29) is 27.1 Å². The minimum Gasteiger partial charge on any atom is -0.0795 e. The third kappa shape index (κ3) is 5.45. The Balaban J connectivity index is 0.000000117. The Morgan fingerprint density at radius 2 is 1.00 bits per heavy atom. The molecule has 0 saturated carbocycles. The Kier molecular flexibility index (Phi) is 8.50. The zero-order chi connectivity index (χ0) is 38.4. The fraction of sp³-hybridized carbons (Fsp3) is 0.370. The van der Waals surface area contributed by atoms with Gasteiger partial charge in [-0.2, -0.15) is 0 Å². The van der Waals surface area contributed by atoms with Crippen molar-refractivity contribution in [2.45, 2.75) is 129 Å². The highest BCUT2D eigenvalue weighted by molar-refractivity contribution is 5.90. The average molecular weight is 709 g/mol. The van der Waals surface area contributed by atoms with Crippen LogP contribution in [-0.4, -0.2) is 0 Å². The van der Waals surface area contributed by atoms with Crippen LogP contribution in [0.15, 0.2) is 121 Å². The lowest BCUT2D eigenvalue weighted by Crippen LogP contribution is -2.26. The Hall–Kier alpha value is -4.42. The molecule has 0 saturated heterocycles. The number of hydrogen-bond donors (Lipinski definition) is 0. The molecular weight excluding hydrogens is 649 g/mol. The average Bonchev–Trinajstić information content (AvgIpc) is 3.71. The maximum Gasteiger partial charge on any atom is 0.0225 e. The predicted octanol–water partition coefficient (Wildman–Crippen LogP) is 14.3. The minimum atomic E-state index is 0.150. The normalized spacial score (nSPS) is 21.8. The molecule has 54 heavy (non-hydrogen) atoms. The van der Waals surface area contributed by atoms with Crippen molar-refractivity contribution < 1.29 is 0 Å². The second kappa shape index (κ2) is 12.6. The number of allylic oxidation sites excluding steroid dienone is 4. The molecule has 5 aliphatic carbocycles. The van der Waals surface area contributed by atoms with Crippen molar-refractivity contribution in [3.63, 3.8) is 0 Å². The van der Waals surface area contributed by atoms with Crippen molar-refractivity contribution in [3.05, 3.63) is 182 Å². The first-order valence-corrected chi connectivity index (χ1v) is 20.4. The summed E-state index contributed by atoms with van der Waals surface area (Å²) in [5.41, 5.74) is 23.4. The first kappa shape index (κ1) is 36.6. The van der Waals surface area contributed by atoms with Gasteiger partial charge in [-0.15, -0.1) is 0 Å². The van der Waals surface area contributed by atoms with E-state index in [4.69, 9.17) is 0 Å². The summed E-state index contributed by atoms with van der Waals surface area (Å²) in [6, 6.07) is 38.4. The molecule has 0 aromatic heterocycles. The van der Waals surface area contributed by atoms with Crippen LogP contribution in [-0.2, 0) is 27.1 Å². The summed E-state index contributed by atoms with van der Waals surface area (Å²) in [5.74, 6) is 0. The zero-order valence-electron chi connectivity index (χ0n) is 34.8. The molecule has 0 amide bonds. The van der Waals surface area contributed by atoms with Crippen LogP contribution < -0.4 is 0 Å². The number of fused-ring (bicyclic) bond motifs is 10. The van der Waals surface area contributed by atoms with E-state index in [1.54, 1.807) is 27.8 Å². The summed E-state index contributed by atoms with van der Waals surface area (Å²) in [6.45, 7) is 25.7. The molecule has 1 unspecified atom stereocenters. The summed E-state index contributed by atoms with van der Waals surface area (Å²) in [4.78, 5) is 0. The Morgan fingerprint density at radius 3 is 1.74 bits per heavy atom. The fourth-order valence-corrected chi connectivity index (χ4v) is 11.9. The van der Waals surface area contributed by atoms with E-state index in [1.807, 2.05) is 0 Å². The maximum atomic E-state index is 2.44. The molecule has 5 aromatic carbocycles. The minimum absolute atomic E-state index is 0.150. The zero-order valence-corrected chi connectivity index (χ0v) is 34.8. The van der Waals surface area contributed by atoms with Crippen LogP contribution in [0.1, 0.15) is 142 Å². The summed E-state index contributed by atoms with van der Waals surface area (Å²) in [5, 5.41) is 0. The summed E-state index contributed by atoms with van der Waals surface area (Å²) < 4.78 is 0. The monoisotopic (exact) mass is 708 g/mol. The molecule has 10 rings (SSSR count). The predicted molar refractivity (Wildman–Crippen MR) is 232 cm³/mol. The Bertz CT molecular complexity index is 2370. The second-order valence-electron chi connectivity index (χ2n) is 19.4. The quantitative estimate of drug-likeness (QED) is 0.150. The maximum absolute atomic E-state index is 2.44. The second-order valence-corrected chi connectivity index (χ2v) is 19.4. The van der Waals surface area contributed by atoms with Crippen LogP contribution in [0.2, 0.25) is 0 Å². The fourth-order valence-electron chi connectivity index (χ4n) is 11.9. The van der Waals surface area contributed by atoms with E-state index in [1.165, 1.54) is 81.3 Å². The number of aryl methyl sites for hydroxylation is 3. The van der Waals surface area contributed by atoms with E-state index in [0.29, 0.717) is 0 Å². The van der Waals surface area contributed by atoms with Crippen LogP contribution >= 0.6 is 0 Å². The molecule has 276 valence electrons. The Morgan fingerprint density at radius 1 is 0.426 bits per heavy atom. The summed E-state index contributed by atoms with van der Waals surface area (Å²) >= 11 is 0. The number of hydrogen-bond acceptors (Lipinski definition) is 0. The molecule has 0 fully saturated rings. The highest BCUT2D eigenvalue weighted by Gasteiger charge is 2.56. The molecular formula is C54H60. The van der Waals surface area contributed by atoms with Crippen LogP contribution in [0.25, 0.3) is 16.7 Å². The molecule has 5 aromatic rings. The van der Waals surface area contributed by atoms with Crippen LogP contribution in [0.3, 0.4) is 0 Å². The van der Waals surface area contributed by atoms with Crippen LogP contribution in [0, 0.1) is 20.8 Å². The van der Waals surface area contributed by atoms with Crippen molar-refractivity contribution in [1.82, 2.24) is 0 Å². The van der Waals surface area contributed by atoms with Gasteiger partial charge >= 0.3 is 0 Å². The van der Waals surface area contributed by atoms with Gasteiger partial charge in [0.1, 0.15) is 0 Å². The lowest BCUT2D eigenvalue weighted by atomic mass is 9.72. The molecule has 0 aliphatic heterocycles. The molecule has 0 heteroatoms.